The average Bonchev–Trinajstić information content (AvgIpc) is 3.25. The second kappa shape index (κ2) is 9.75. The molecule has 0 fully saturated rings. The van der Waals surface area contributed by atoms with Crippen molar-refractivity contribution in [3.8, 4) is 10.6 Å². The molecular formula is C22H19NO5S. The van der Waals surface area contributed by atoms with E-state index in [1.54, 1.807) is 47.8 Å². The Morgan fingerprint density at radius 1 is 0.966 bits per heavy atom. The highest BCUT2D eigenvalue weighted by Crippen LogP contribution is 2.25. The van der Waals surface area contributed by atoms with Crippen molar-refractivity contribution in [1.29, 1.82) is 0 Å². The van der Waals surface area contributed by atoms with E-state index in [4.69, 9.17) is 9.47 Å². The predicted octanol–water partition coefficient (Wildman–Crippen LogP) is 4.30. The second-order valence-corrected chi connectivity index (χ2v) is 7.02. The molecule has 7 heteroatoms. The number of methoxy groups -OCH3 is 1. The van der Waals surface area contributed by atoms with Gasteiger partial charge in [0.2, 0.25) is 0 Å². The number of Topliss-reactive ketones (excluding diaryl/α,β-unsaturated/α-hetero) is 1. The molecular weight excluding hydrogens is 390 g/mol. The van der Waals surface area contributed by atoms with Crippen LogP contribution in [0.5, 0.6) is 0 Å². The Hall–Kier alpha value is -3.32. The Kier molecular flexibility index (Phi) is 6.86. The summed E-state index contributed by atoms with van der Waals surface area (Å²) in [6.07, 6.45) is 0.122. The molecule has 1 heterocycles. The summed E-state index contributed by atoms with van der Waals surface area (Å²) < 4.78 is 9.95. The molecule has 0 atom stereocenters. The number of benzene rings is 2. The molecule has 0 bridgehead atoms. The summed E-state index contributed by atoms with van der Waals surface area (Å²) >= 11 is 1.39. The number of nitrogens with zero attached hydrogens (tertiary/aromatic N) is 1. The van der Waals surface area contributed by atoms with Gasteiger partial charge in [0.1, 0.15) is 11.6 Å². The Morgan fingerprint density at radius 2 is 1.72 bits per heavy atom. The summed E-state index contributed by atoms with van der Waals surface area (Å²) in [7, 11) is 1.33. The van der Waals surface area contributed by atoms with Crippen LogP contribution in [0.25, 0.3) is 10.6 Å². The van der Waals surface area contributed by atoms with Gasteiger partial charge < -0.3 is 9.47 Å². The van der Waals surface area contributed by atoms with Crippen LogP contribution in [0.4, 0.5) is 0 Å². The van der Waals surface area contributed by atoms with Crippen molar-refractivity contribution in [2.24, 2.45) is 0 Å². The van der Waals surface area contributed by atoms with E-state index in [1.807, 2.05) is 12.1 Å². The number of carbonyl (C=O) groups excluding carboxylic acids is 3. The number of hydrogen-bond donors (Lipinski definition) is 0. The van der Waals surface area contributed by atoms with Gasteiger partial charge in [0.25, 0.3) is 0 Å². The molecule has 148 valence electrons. The first-order valence-electron chi connectivity index (χ1n) is 8.94. The van der Waals surface area contributed by atoms with E-state index in [0.717, 1.165) is 5.56 Å². The van der Waals surface area contributed by atoms with Crippen molar-refractivity contribution in [2.45, 2.75) is 19.4 Å². The number of ether oxygens (including phenoxy) is 2. The quantitative estimate of drug-likeness (QED) is 0.407. The number of rotatable bonds is 8. The highest BCUT2D eigenvalue weighted by Gasteiger charge is 2.12. The van der Waals surface area contributed by atoms with Crippen LogP contribution in [0.15, 0.2) is 60.0 Å². The number of hydrogen-bond acceptors (Lipinski definition) is 7. The molecule has 0 spiro atoms. The van der Waals surface area contributed by atoms with E-state index >= 15 is 0 Å². The minimum Gasteiger partial charge on any atom is -0.465 e. The van der Waals surface area contributed by atoms with Crippen molar-refractivity contribution < 1.29 is 23.9 Å². The van der Waals surface area contributed by atoms with Gasteiger partial charge >= 0.3 is 11.9 Å². The van der Waals surface area contributed by atoms with Crippen LogP contribution in [0.3, 0.4) is 0 Å². The van der Waals surface area contributed by atoms with E-state index in [9.17, 15) is 14.4 Å². The van der Waals surface area contributed by atoms with E-state index in [-0.39, 0.29) is 25.2 Å². The Morgan fingerprint density at radius 3 is 2.48 bits per heavy atom. The van der Waals surface area contributed by atoms with Gasteiger partial charge in [-0.25, -0.2) is 9.78 Å². The predicted molar refractivity (Wildman–Crippen MR) is 109 cm³/mol. The zero-order chi connectivity index (χ0) is 20.6. The molecule has 0 aliphatic heterocycles. The lowest BCUT2D eigenvalue weighted by Crippen LogP contribution is -2.08. The second-order valence-electron chi connectivity index (χ2n) is 6.17. The first-order valence-corrected chi connectivity index (χ1v) is 9.82. The zero-order valence-electron chi connectivity index (χ0n) is 15.8. The molecule has 6 nitrogen and oxygen atoms in total. The minimum absolute atomic E-state index is 0.0197. The van der Waals surface area contributed by atoms with Crippen molar-refractivity contribution in [3.05, 3.63) is 76.8 Å². The fraction of sp³-hybridized carbons (Fsp3) is 0.182. The number of esters is 2. The topological polar surface area (TPSA) is 82.6 Å². The van der Waals surface area contributed by atoms with Crippen LogP contribution in [-0.4, -0.2) is 29.8 Å². The SMILES string of the molecule is COC(=O)c1cccc(-c2nc(COC(=O)CCC(=O)c3ccccc3)cs2)c1. The average molecular weight is 409 g/mol. The maximum Gasteiger partial charge on any atom is 0.337 e. The molecule has 3 rings (SSSR count). The fourth-order valence-electron chi connectivity index (χ4n) is 2.61. The maximum atomic E-state index is 12.0. The van der Waals surface area contributed by atoms with Crippen LogP contribution in [0.2, 0.25) is 0 Å². The normalized spacial score (nSPS) is 10.4. The molecule has 1 aromatic heterocycles. The lowest BCUT2D eigenvalue weighted by atomic mass is 10.1. The largest absolute Gasteiger partial charge is 0.465 e. The number of aromatic nitrogens is 1. The smallest absolute Gasteiger partial charge is 0.337 e. The molecule has 3 aromatic rings. The van der Waals surface area contributed by atoms with E-state index < -0.39 is 11.9 Å². The van der Waals surface area contributed by atoms with Gasteiger partial charge in [0.15, 0.2) is 5.78 Å². The first kappa shape index (κ1) is 20.4. The van der Waals surface area contributed by atoms with Crippen LogP contribution >= 0.6 is 11.3 Å². The summed E-state index contributed by atoms with van der Waals surface area (Å²) in [5.41, 5.74) is 2.41. The third kappa shape index (κ3) is 5.58. The van der Waals surface area contributed by atoms with Crippen LogP contribution in [-0.2, 0) is 20.9 Å². The third-order valence-electron chi connectivity index (χ3n) is 4.12. The highest BCUT2D eigenvalue weighted by atomic mass is 32.1. The van der Waals surface area contributed by atoms with Gasteiger partial charge in [-0.05, 0) is 12.1 Å². The van der Waals surface area contributed by atoms with E-state index in [1.165, 1.54) is 18.4 Å². The molecule has 0 N–H and O–H groups in total. The molecule has 0 amide bonds. The Labute approximate surface area is 172 Å². The lowest BCUT2D eigenvalue weighted by Gasteiger charge is -2.03. The van der Waals surface area contributed by atoms with Crippen LogP contribution in [0, 0.1) is 0 Å². The first-order chi connectivity index (χ1) is 14.1. The van der Waals surface area contributed by atoms with Crippen LogP contribution in [0.1, 0.15) is 39.3 Å². The van der Waals surface area contributed by atoms with Gasteiger partial charge in [0.05, 0.1) is 24.8 Å². The molecule has 0 saturated heterocycles. The molecule has 2 aromatic carbocycles. The van der Waals surface area contributed by atoms with Gasteiger partial charge in [-0.15, -0.1) is 11.3 Å². The van der Waals surface area contributed by atoms with Gasteiger partial charge in [-0.2, -0.15) is 0 Å². The highest BCUT2D eigenvalue weighted by molar-refractivity contribution is 7.13. The lowest BCUT2D eigenvalue weighted by molar-refractivity contribution is -0.145. The van der Waals surface area contributed by atoms with Gasteiger partial charge in [-0.1, -0.05) is 42.5 Å². The molecule has 0 aliphatic carbocycles. The summed E-state index contributed by atoms with van der Waals surface area (Å²) in [6, 6.07) is 15.8. The Bertz CT molecular complexity index is 1010. The number of thiazole rings is 1. The van der Waals surface area contributed by atoms with Crippen LogP contribution < -0.4 is 0 Å². The summed E-state index contributed by atoms with van der Waals surface area (Å²) in [4.78, 5) is 40.1. The van der Waals surface area contributed by atoms with Crippen molar-refractivity contribution >= 4 is 29.1 Å². The van der Waals surface area contributed by atoms with E-state index in [2.05, 4.69) is 4.98 Å². The Balaban J connectivity index is 1.52. The van der Waals surface area contributed by atoms with Crippen molar-refractivity contribution in [1.82, 2.24) is 4.98 Å². The monoisotopic (exact) mass is 409 g/mol. The fourth-order valence-corrected chi connectivity index (χ4v) is 3.41. The molecule has 29 heavy (non-hydrogen) atoms. The van der Waals surface area contributed by atoms with E-state index in [0.29, 0.717) is 21.8 Å². The number of ketones is 1. The summed E-state index contributed by atoms with van der Waals surface area (Å²) in [5.74, 6) is -0.955. The zero-order valence-corrected chi connectivity index (χ0v) is 16.6. The standard InChI is InChI=1S/C22H19NO5S/c1-27-22(26)17-9-5-8-16(12-17)21-23-18(14-29-21)13-28-20(25)11-10-19(24)15-6-3-2-4-7-15/h2-9,12,14H,10-11,13H2,1H3. The van der Waals surface area contributed by atoms with Crippen molar-refractivity contribution in [2.75, 3.05) is 7.11 Å². The van der Waals surface area contributed by atoms with Gasteiger partial charge in [-0.3, -0.25) is 9.59 Å². The summed E-state index contributed by atoms with van der Waals surface area (Å²) in [5, 5.41) is 2.50. The van der Waals surface area contributed by atoms with Gasteiger partial charge in [0, 0.05) is 22.9 Å². The third-order valence-corrected chi connectivity index (χ3v) is 5.06. The minimum atomic E-state index is -0.448. The van der Waals surface area contributed by atoms with Crippen molar-refractivity contribution in [3.63, 3.8) is 0 Å². The molecule has 0 radical (unpaired) electrons. The molecule has 0 aliphatic rings. The molecule has 0 unspecified atom stereocenters. The molecule has 0 saturated carbocycles. The number of carbonyl (C=O) groups is 3. The maximum absolute atomic E-state index is 12.0. The summed E-state index contributed by atoms with van der Waals surface area (Å²) in [6.45, 7) is 0.0333.